The van der Waals surface area contributed by atoms with Crippen LogP contribution in [0.3, 0.4) is 0 Å². The van der Waals surface area contributed by atoms with Crippen molar-refractivity contribution in [2.75, 3.05) is 13.1 Å². The van der Waals surface area contributed by atoms with Crippen molar-refractivity contribution in [1.29, 1.82) is 5.26 Å². The lowest BCUT2D eigenvalue weighted by Gasteiger charge is -2.14. The van der Waals surface area contributed by atoms with E-state index in [1.165, 1.54) is 0 Å². The van der Waals surface area contributed by atoms with Gasteiger partial charge in [-0.2, -0.15) is 5.26 Å². The number of hydrogen-bond acceptors (Lipinski definition) is 2. The lowest BCUT2D eigenvalue weighted by molar-refractivity contribution is -0.125. The molecule has 3 rings (SSSR count). The molecule has 2 aromatic carbocycles. The van der Waals surface area contributed by atoms with Gasteiger partial charge in [0.15, 0.2) is 0 Å². The van der Waals surface area contributed by atoms with E-state index in [1.807, 2.05) is 48.5 Å². The van der Waals surface area contributed by atoms with Crippen molar-refractivity contribution in [3.05, 3.63) is 65.7 Å². The Bertz CT molecular complexity index is 748. The van der Waals surface area contributed by atoms with Crippen LogP contribution in [0.25, 0.3) is 17.2 Å². The zero-order chi connectivity index (χ0) is 16.1. The van der Waals surface area contributed by atoms with Crippen LogP contribution in [-0.2, 0) is 4.79 Å². The highest BCUT2D eigenvalue weighted by atomic mass is 16.2. The number of nitriles is 1. The fraction of sp³-hybridized carbons (Fsp3) is 0.200. The minimum Gasteiger partial charge on any atom is -0.338 e. The summed E-state index contributed by atoms with van der Waals surface area (Å²) in [4.78, 5) is 14.1. The van der Waals surface area contributed by atoms with Crippen LogP contribution in [-0.4, -0.2) is 23.9 Å². The molecule has 1 saturated heterocycles. The van der Waals surface area contributed by atoms with Crippen molar-refractivity contribution in [3.63, 3.8) is 0 Å². The number of amides is 1. The number of likely N-dealkylation sites (tertiary alicyclic amines) is 1. The molecular formula is C20H18N2O. The maximum atomic E-state index is 12.3. The predicted molar refractivity (Wildman–Crippen MR) is 91.3 cm³/mol. The Morgan fingerprint density at radius 2 is 1.57 bits per heavy atom. The van der Waals surface area contributed by atoms with Crippen molar-refractivity contribution in [2.45, 2.75) is 12.8 Å². The van der Waals surface area contributed by atoms with Crippen LogP contribution in [0.5, 0.6) is 0 Å². The second-order valence-corrected chi connectivity index (χ2v) is 5.66. The van der Waals surface area contributed by atoms with Crippen molar-refractivity contribution < 1.29 is 4.79 Å². The summed E-state index contributed by atoms with van der Waals surface area (Å²) in [5.74, 6) is -0.155. The molecule has 0 aromatic heterocycles. The molecule has 0 bridgehead atoms. The van der Waals surface area contributed by atoms with E-state index in [1.54, 1.807) is 11.0 Å². The van der Waals surface area contributed by atoms with Gasteiger partial charge in [0.25, 0.3) is 5.91 Å². The standard InChI is InChI=1S/C20H18N2O/c21-15-19(20(23)22-12-4-5-13-22)14-16-8-10-18(11-9-16)17-6-2-1-3-7-17/h1-3,6-11,14H,4-5,12-13H2/b19-14+. The smallest absolute Gasteiger partial charge is 0.264 e. The number of rotatable bonds is 3. The van der Waals surface area contributed by atoms with E-state index >= 15 is 0 Å². The lowest BCUT2D eigenvalue weighted by Crippen LogP contribution is -2.28. The molecule has 1 heterocycles. The van der Waals surface area contributed by atoms with Crippen LogP contribution in [0.4, 0.5) is 0 Å². The summed E-state index contributed by atoms with van der Waals surface area (Å²) in [5.41, 5.74) is 3.34. The summed E-state index contributed by atoms with van der Waals surface area (Å²) >= 11 is 0. The fourth-order valence-electron chi connectivity index (χ4n) is 2.80. The second kappa shape index (κ2) is 6.93. The van der Waals surface area contributed by atoms with Crippen LogP contribution >= 0.6 is 0 Å². The first-order chi connectivity index (χ1) is 11.3. The van der Waals surface area contributed by atoms with Gasteiger partial charge in [0.2, 0.25) is 0 Å². The Morgan fingerprint density at radius 1 is 0.957 bits per heavy atom. The van der Waals surface area contributed by atoms with Gasteiger partial charge in [-0.3, -0.25) is 4.79 Å². The largest absolute Gasteiger partial charge is 0.338 e. The highest BCUT2D eigenvalue weighted by molar-refractivity contribution is 6.01. The maximum absolute atomic E-state index is 12.3. The number of benzene rings is 2. The molecule has 114 valence electrons. The van der Waals surface area contributed by atoms with E-state index in [0.717, 1.165) is 42.6 Å². The molecule has 1 aliphatic rings. The Morgan fingerprint density at radius 3 is 2.17 bits per heavy atom. The van der Waals surface area contributed by atoms with E-state index in [0.29, 0.717) is 0 Å². The predicted octanol–water partition coefficient (Wildman–Crippen LogP) is 3.88. The summed E-state index contributed by atoms with van der Waals surface area (Å²) < 4.78 is 0. The zero-order valence-corrected chi connectivity index (χ0v) is 12.9. The van der Waals surface area contributed by atoms with E-state index in [4.69, 9.17) is 0 Å². The van der Waals surface area contributed by atoms with E-state index in [9.17, 15) is 10.1 Å². The van der Waals surface area contributed by atoms with Crippen LogP contribution in [0.1, 0.15) is 18.4 Å². The Kier molecular flexibility index (Phi) is 4.54. The van der Waals surface area contributed by atoms with Gasteiger partial charge in [-0.05, 0) is 35.6 Å². The number of carbonyl (C=O) groups excluding carboxylic acids is 1. The molecule has 0 radical (unpaired) electrons. The molecule has 0 spiro atoms. The summed E-state index contributed by atoms with van der Waals surface area (Å²) in [5, 5.41) is 9.28. The second-order valence-electron chi connectivity index (χ2n) is 5.66. The highest BCUT2D eigenvalue weighted by Crippen LogP contribution is 2.20. The summed E-state index contributed by atoms with van der Waals surface area (Å²) in [7, 11) is 0. The third kappa shape index (κ3) is 3.49. The Balaban J connectivity index is 1.81. The third-order valence-electron chi connectivity index (χ3n) is 4.07. The van der Waals surface area contributed by atoms with Crippen molar-refractivity contribution >= 4 is 12.0 Å². The fourth-order valence-corrected chi connectivity index (χ4v) is 2.80. The van der Waals surface area contributed by atoms with Crippen molar-refractivity contribution in [1.82, 2.24) is 4.90 Å². The molecule has 3 nitrogen and oxygen atoms in total. The Hall–Kier alpha value is -2.86. The number of nitrogens with zero attached hydrogens (tertiary/aromatic N) is 2. The minimum atomic E-state index is -0.155. The van der Waals surface area contributed by atoms with E-state index < -0.39 is 0 Å². The van der Waals surface area contributed by atoms with Gasteiger partial charge in [-0.25, -0.2) is 0 Å². The average molecular weight is 302 g/mol. The van der Waals surface area contributed by atoms with Crippen LogP contribution in [0.2, 0.25) is 0 Å². The van der Waals surface area contributed by atoms with Gasteiger partial charge in [-0.15, -0.1) is 0 Å². The monoisotopic (exact) mass is 302 g/mol. The molecule has 23 heavy (non-hydrogen) atoms. The lowest BCUT2D eigenvalue weighted by atomic mass is 10.0. The first-order valence-corrected chi connectivity index (χ1v) is 7.84. The first-order valence-electron chi connectivity index (χ1n) is 7.84. The third-order valence-corrected chi connectivity index (χ3v) is 4.07. The van der Waals surface area contributed by atoms with E-state index in [2.05, 4.69) is 12.1 Å². The molecule has 1 fully saturated rings. The number of hydrogen-bond donors (Lipinski definition) is 0. The van der Waals surface area contributed by atoms with Crippen molar-refractivity contribution in [2.24, 2.45) is 0 Å². The molecule has 0 atom stereocenters. The highest BCUT2D eigenvalue weighted by Gasteiger charge is 2.21. The number of carbonyl (C=O) groups is 1. The topological polar surface area (TPSA) is 44.1 Å². The molecule has 0 unspecified atom stereocenters. The van der Waals surface area contributed by atoms with Gasteiger partial charge in [0.05, 0.1) is 0 Å². The zero-order valence-electron chi connectivity index (χ0n) is 12.9. The molecular weight excluding hydrogens is 284 g/mol. The van der Waals surface area contributed by atoms with Gasteiger partial charge >= 0.3 is 0 Å². The Labute approximate surface area is 136 Å². The maximum Gasteiger partial charge on any atom is 0.264 e. The van der Waals surface area contributed by atoms with Gasteiger partial charge in [-0.1, -0.05) is 54.6 Å². The van der Waals surface area contributed by atoms with Gasteiger partial charge < -0.3 is 4.90 Å². The van der Waals surface area contributed by atoms with E-state index in [-0.39, 0.29) is 11.5 Å². The van der Waals surface area contributed by atoms with Gasteiger partial charge in [0, 0.05) is 13.1 Å². The molecule has 3 heteroatoms. The summed E-state index contributed by atoms with van der Waals surface area (Å²) in [6.45, 7) is 1.51. The minimum absolute atomic E-state index is 0.155. The molecule has 0 aliphatic carbocycles. The van der Waals surface area contributed by atoms with Crippen molar-refractivity contribution in [3.8, 4) is 17.2 Å². The molecule has 0 saturated carbocycles. The molecule has 1 amide bonds. The quantitative estimate of drug-likeness (QED) is 0.638. The normalized spacial score (nSPS) is 14.6. The van der Waals surface area contributed by atoms with Gasteiger partial charge in [0.1, 0.15) is 11.6 Å². The molecule has 1 aliphatic heterocycles. The first kappa shape index (κ1) is 15.1. The van der Waals surface area contributed by atoms with Crippen LogP contribution < -0.4 is 0 Å². The summed E-state index contributed by atoms with van der Waals surface area (Å²) in [6, 6.07) is 20.1. The SMILES string of the molecule is N#C/C(=C\c1ccc(-c2ccccc2)cc1)C(=O)N1CCCC1. The van der Waals surface area contributed by atoms with Crippen LogP contribution in [0.15, 0.2) is 60.2 Å². The average Bonchev–Trinajstić information content (AvgIpc) is 3.15. The van der Waals surface area contributed by atoms with Crippen LogP contribution in [0, 0.1) is 11.3 Å². The molecule has 0 N–H and O–H groups in total. The molecule has 2 aromatic rings. The summed E-state index contributed by atoms with van der Waals surface area (Å²) in [6.07, 6.45) is 3.72.